The summed E-state index contributed by atoms with van der Waals surface area (Å²) >= 11 is 0. The van der Waals surface area contributed by atoms with Crippen LogP contribution in [0.3, 0.4) is 0 Å². The Labute approximate surface area is 101 Å². The molecule has 0 unspecified atom stereocenters. The van der Waals surface area contributed by atoms with Gasteiger partial charge in [0.1, 0.15) is 5.82 Å². The molecule has 0 aliphatic carbocycles. The molecule has 1 aromatic carbocycles. The van der Waals surface area contributed by atoms with Gasteiger partial charge in [-0.15, -0.1) is 0 Å². The lowest BCUT2D eigenvalue weighted by Crippen LogP contribution is -2.11. The van der Waals surface area contributed by atoms with Gasteiger partial charge in [0.25, 0.3) is 0 Å². The molecule has 0 amide bonds. The maximum Gasteiger partial charge on any atom is 0.133 e. The fourth-order valence-electron chi connectivity index (χ4n) is 1.57. The van der Waals surface area contributed by atoms with E-state index in [1.807, 2.05) is 24.1 Å². The second kappa shape index (κ2) is 4.67. The number of anilines is 2. The number of hydrogen-bond donors (Lipinski definition) is 0. The van der Waals surface area contributed by atoms with Gasteiger partial charge >= 0.3 is 0 Å². The first kappa shape index (κ1) is 11.2. The van der Waals surface area contributed by atoms with Crippen LogP contribution in [-0.4, -0.2) is 12.0 Å². The lowest BCUT2D eigenvalue weighted by Gasteiger charge is -2.18. The Morgan fingerprint density at radius 2 is 1.88 bits per heavy atom. The smallest absolute Gasteiger partial charge is 0.133 e. The molecule has 2 aromatic rings. The normalized spacial score (nSPS) is 9.71. The van der Waals surface area contributed by atoms with E-state index in [1.165, 1.54) is 5.56 Å². The molecule has 0 atom stereocenters. The summed E-state index contributed by atoms with van der Waals surface area (Å²) in [6.45, 7) is 2.05. The summed E-state index contributed by atoms with van der Waals surface area (Å²) in [4.78, 5) is 6.22. The van der Waals surface area contributed by atoms with Gasteiger partial charge < -0.3 is 4.90 Å². The number of nitriles is 1. The maximum absolute atomic E-state index is 8.85. The highest BCUT2D eigenvalue weighted by Gasteiger charge is 2.05. The Hall–Kier alpha value is -2.34. The van der Waals surface area contributed by atoms with E-state index in [2.05, 4.69) is 30.1 Å². The van der Waals surface area contributed by atoms with E-state index in [1.54, 1.807) is 18.3 Å². The summed E-state index contributed by atoms with van der Waals surface area (Å²) in [7, 11) is 1.94. The molecule has 0 saturated carbocycles. The predicted octanol–water partition coefficient (Wildman–Crippen LogP) is 3.03. The average Bonchev–Trinajstić information content (AvgIpc) is 2.39. The van der Waals surface area contributed by atoms with Crippen LogP contribution in [0, 0.1) is 18.3 Å². The molecular formula is C14H13N3. The van der Waals surface area contributed by atoms with Crippen LogP contribution in [0.15, 0.2) is 42.6 Å². The van der Waals surface area contributed by atoms with Gasteiger partial charge in [0.15, 0.2) is 0 Å². The van der Waals surface area contributed by atoms with Crippen molar-refractivity contribution in [2.24, 2.45) is 0 Å². The molecule has 1 heterocycles. The molecule has 1 aromatic heterocycles. The summed E-state index contributed by atoms with van der Waals surface area (Å²) < 4.78 is 0. The van der Waals surface area contributed by atoms with Gasteiger partial charge in [-0.2, -0.15) is 5.26 Å². The quantitative estimate of drug-likeness (QED) is 0.785. The van der Waals surface area contributed by atoms with Gasteiger partial charge in [0.05, 0.1) is 11.6 Å². The monoisotopic (exact) mass is 223 g/mol. The molecule has 3 nitrogen and oxygen atoms in total. The molecule has 0 aliphatic heterocycles. The minimum absolute atomic E-state index is 0.619. The van der Waals surface area contributed by atoms with Crippen molar-refractivity contribution in [1.29, 1.82) is 5.26 Å². The first-order valence-corrected chi connectivity index (χ1v) is 5.37. The predicted molar refractivity (Wildman–Crippen MR) is 68.2 cm³/mol. The van der Waals surface area contributed by atoms with E-state index >= 15 is 0 Å². The van der Waals surface area contributed by atoms with Gasteiger partial charge in [0, 0.05) is 18.9 Å². The van der Waals surface area contributed by atoms with Crippen LogP contribution in [-0.2, 0) is 0 Å². The summed E-state index contributed by atoms with van der Waals surface area (Å²) in [6, 6.07) is 13.8. The van der Waals surface area contributed by atoms with E-state index in [4.69, 9.17) is 5.26 Å². The van der Waals surface area contributed by atoms with E-state index < -0.39 is 0 Å². The Morgan fingerprint density at radius 3 is 2.53 bits per heavy atom. The van der Waals surface area contributed by atoms with Crippen molar-refractivity contribution in [3.05, 3.63) is 53.7 Å². The molecule has 84 valence electrons. The second-order valence-corrected chi connectivity index (χ2v) is 3.91. The zero-order chi connectivity index (χ0) is 12.3. The fraction of sp³-hybridized carbons (Fsp3) is 0.143. The highest BCUT2D eigenvalue weighted by molar-refractivity contribution is 5.60. The molecule has 0 bridgehead atoms. The summed E-state index contributed by atoms with van der Waals surface area (Å²) in [5.41, 5.74) is 2.90. The van der Waals surface area contributed by atoms with Gasteiger partial charge in [-0.3, -0.25) is 0 Å². The van der Waals surface area contributed by atoms with Gasteiger partial charge in [-0.05, 0) is 31.2 Å². The maximum atomic E-state index is 8.85. The molecule has 0 radical (unpaired) electrons. The minimum Gasteiger partial charge on any atom is -0.329 e. The number of aryl methyl sites for hydroxylation is 1. The molecule has 3 heteroatoms. The van der Waals surface area contributed by atoms with Gasteiger partial charge in [-0.1, -0.05) is 17.7 Å². The van der Waals surface area contributed by atoms with Crippen LogP contribution in [0.1, 0.15) is 11.1 Å². The zero-order valence-electron chi connectivity index (χ0n) is 9.88. The summed E-state index contributed by atoms with van der Waals surface area (Å²) in [6.07, 6.45) is 1.65. The number of aromatic nitrogens is 1. The first-order chi connectivity index (χ1) is 8.20. The van der Waals surface area contributed by atoms with Crippen molar-refractivity contribution in [3.63, 3.8) is 0 Å². The molecule has 0 spiro atoms. The number of hydrogen-bond acceptors (Lipinski definition) is 3. The lowest BCUT2D eigenvalue weighted by atomic mass is 10.2. The molecular weight excluding hydrogens is 210 g/mol. The van der Waals surface area contributed by atoms with Crippen molar-refractivity contribution in [3.8, 4) is 6.07 Å². The number of pyridine rings is 1. The van der Waals surface area contributed by atoms with E-state index in [9.17, 15) is 0 Å². The van der Waals surface area contributed by atoms with Crippen molar-refractivity contribution in [2.75, 3.05) is 11.9 Å². The Kier molecular flexibility index (Phi) is 3.06. The molecule has 0 fully saturated rings. The molecule has 2 rings (SSSR count). The van der Waals surface area contributed by atoms with Crippen molar-refractivity contribution < 1.29 is 0 Å². The van der Waals surface area contributed by atoms with E-state index in [0.717, 1.165) is 11.5 Å². The standard InChI is InChI=1S/C14H13N3/c1-11-3-5-13(6-4-11)17(2)14-9-12(10-15)7-8-16-14/h3-9H,1-2H3. The van der Waals surface area contributed by atoms with Crippen LogP contribution < -0.4 is 4.90 Å². The van der Waals surface area contributed by atoms with Crippen molar-refractivity contribution in [2.45, 2.75) is 6.92 Å². The lowest BCUT2D eigenvalue weighted by molar-refractivity contribution is 1.12. The Balaban J connectivity index is 2.33. The van der Waals surface area contributed by atoms with Crippen LogP contribution in [0.5, 0.6) is 0 Å². The van der Waals surface area contributed by atoms with E-state index in [-0.39, 0.29) is 0 Å². The van der Waals surface area contributed by atoms with Crippen LogP contribution in [0.4, 0.5) is 11.5 Å². The first-order valence-electron chi connectivity index (χ1n) is 5.37. The topological polar surface area (TPSA) is 39.9 Å². The van der Waals surface area contributed by atoms with Crippen LogP contribution in [0.2, 0.25) is 0 Å². The third kappa shape index (κ3) is 2.43. The Morgan fingerprint density at radius 1 is 1.18 bits per heavy atom. The highest BCUT2D eigenvalue weighted by atomic mass is 15.2. The van der Waals surface area contributed by atoms with E-state index in [0.29, 0.717) is 5.56 Å². The van der Waals surface area contributed by atoms with Crippen LogP contribution >= 0.6 is 0 Å². The van der Waals surface area contributed by atoms with Crippen molar-refractivity contribution in [1.82, 2.24) is 4.98 Å². The number of nitrogens with zero attached hydrogens (tertiary/aromatic N) is 3. The fourth-order valence-corrected chi connectivity index (χ4v) is 1.57. The summed E-state index contributed by atoms with van der Waals surface area (Å²) in [5, 5.41) is 8.85. The third-order valence-corrected chi connectivity index (χ3v) is 2.64. The largest absolute Gasteiger partial charge is 0.329 e. The molecule has 0 N–H and O–H groups in total. The Bertz CT molecular complexity index is 552. The molecule has 0 saturated heterocycles. The van der Waals surface area contributed by atoms with Gasteiger partial charge in [0.2, 0.25) is 0 Å². The van der Waals surface area contributed by atoms with Crippen LogP contribution in [0.25, 0.3) is 0 Å². The van der Waals surface area contributed by atoms with Gasteiger partial charge in [-0.25, -0.2) is 4.98 Å². The molecule has 17 heavy (non-hydrogen) atoms. The zero-order valence-corrected chi connectivity index (χ0v) is 9.88. The number of rotatable bonds is 2. The highest BCUT2D eigenvalue weighted by Crippen LogP contribution is 2.22. The van der Waals surface area contributed by atoms with Crippen molar-refractivity contribution >= 4 is 11.5 Å². The number of benzene rings is 1. The molecule has 0 aliphatic rings. The summed E-state index contributed by atoms with van der Waals surface area (Å²) in [5.74, 6) is 0.771. The average molecular weight is 223 g/mol. The minimum atomic E-state index is 0.619. The third-order valence-electron chi connectivity index (χ3n) is 2.64. The second-order valence-electron chi connectivity index (χ2n) is 3.91. The SMILES string of the molecule is Cc1ccc(N(C)c2cc(C#N)ccn2)cc1.